The molecule has 0 N–H and O–H groups in total. The summed E-state index contributed by atoms with van der Waals surface area (Å²) >= 11 is 1.33. The van der Waals surface area contributed by atoms with Gasteiger partial charge < -0.3 is 9.15 Å². The van der Waals surface area contributed by atoms with E-state index >= 15 is 0 Å². The standard InChI is InChI=1S/C27H18N2O4S/c1-16-10-11-21-20(14-16)24(30)22-23(29(26(31)25(22)33-21)27-28-12-13-34-27)17-6-5-9-19(15-17)32-18-7-3-2-4-8-18/h2-15,23H,1H3/t23-/m0/s1. The Morgan fingerprint density at radius 3 is 2.59 bits per heavy atom. The lowest BCUT2D eigenvalue weighted by molar-refractivity contribution is 0.0971. The molecule has 0 radical (unpaired) electrons. The second-order valence-electron chi connectivity index (χ2n) is 8.05. The van der Waals surface area contributed by atoms with E-state index in [-0.39, 0.29) is 17.1 Å². The van der Waals surface area contributed by atoms with E-state index < -0.39 is 6.04 Å². The smallest absolute Gasteiger partial charge is 0.297 e. The van der Waals surface area contributed by atoms with Crippen molar-refractivity contribution < 1.29 is 13.9 Å². The van der Waals surface area contributed by atoms with Crippen molar-refractivity contribution in [2.24, 2.45) is 0 Å². The molecule has 6 nitrogen and oxygen atoms in total. The zero-order valence-corrected chi connectivity index (χ0v) is 18.9. The number of carbonyl (C=O) groups excluding carboxylic acids is 1. The molecule has 3 heterocycles. The Morgan fingerprint density at radius 2 is 1.79 bits per heavy atom. The molecule has 34 heavy (non-hydrogen) atoms. The van der Waals surface area contributed by atoms with Crippen LogP contribution in [0.25, 0.3) is 11.0 Å². The van der Waals surface area contributed by atoms with Crippen LogP contribution in [0.15, 0.2) is 93.6 Å². The number of fused-ring (bicyclic) bond motifs is 2. The van der Waals surface area contributed by atoms with Crippen LogP contribution >= 0.6 is 11.3 Å². The Labute approximate surface area is 198 Å². The Kier molecular flexibility index (Phi) is 4.78. The number of nitrogens with zero attached hydrogens (tertiary/aromatic N) is 2. The minimum Gasteiger partial charge on any atom is -0.457 e. The van der Waals surface area contributed by atoms with Crippen LogP contribution in [0.3, 0.4) is 0 Å². The minimum atomic E-state index is -0.686. The summed E-state index contributed by atoms with van der Waals surface area (Å²) in [6.45, 7) is 1.92. The maximum Gasteiger partial charge on any atom is 0.297 e. The number of hydrogen-bond donors (Lipinski definition) is 0. The largest absolute Gasteiger partial charge is 0.457 e. The summed E-state index contributed by atoms with van der Waals surface area (Å²) < 4.78 is 12.0. The van der Waals surface area contributed by atoms with Gasteiger partial charge in [0, 0.05) is 11.6 Å². The van der Waals surface area contributed by atoms with Crippen LogP contribution in [0, 0.1) is 6.92 Å². The van der Waals surface area contributed by atoms with Gasteiger partial charge in [0.1, 0.15) is 17.1 Å². The molecule has 6 rings (SSSR count). The van der Waals surface area contributed by atoms with Crippen molar-refractivity contribution in [3.05, 3.63) is 117 Å². The van der Waals surface area contributed by atoms with Gasteiger partial charge in [0.15, 0.2) is 10.6 Å². The number of para-hydroxylation sites is 1. The van der Waals surface area contributed by atoms with Crippen molar-refractivity contribution in [3.63, 3.8) is 0 Å². The molecule has 1 aliphatic heterocycles. The molecule has 0 saturated carbocycles. The van der Waals surface area contributed by atoms with Crippen molar-refractivity contribution in [2.75, 3.05) is 4.90 Å². The average molecular weight is 467 g/mol. The van der Waals surface area contributed by atoms with E-state index in [1.54, 1.807) is 23.7 Å². The summed E-state index contributed by atoms with van der Waals surface area (Å²) in [5.74, 6) is 0.963. The summed E-state index contributed by atoms with van der Waals surface area (Å²) in [4.78, 5) is 33.1. The third-order valence-corrected chi connectivity index (χ3v) is 6.57. The molecule has 3 aromatic carbocycles. The van der Waals surface area contributed by atoms with E-state index in [0.29, 0.717) is 33.2 Å². The number of thiazole rings is 1. The fraction of sp³-hybridized carbons (Fsp3) is 0.0741. The van der Waals surface area contributed by atoms with Crippen LogP contribution in [-0.2, 0) is 0 Å². The Hall–Kier alpha value is -4.23. The van der Waals surface area contributed by atoms with Gasteiger partial charge in [-0.1, -0.05) is 42.0 Å². The van der Waals surface area contributed by atoms with Gasteiger partial charge in [-0.25, -0.2) is 4.98 Å². The topological polar surface area (TPSA) is 72.6 Å². The molecular formula is C27H18N2O4S. The monoisotopic (exact) mass is 466 g/mol. The van der Waals surface area contributed by atoms with Crippen LogP contribution in [0.2, 0.25) is 0 Å². The number of aryl methyl sites for hydroxylation is 1. The highest BCUT2D eigenvalue weighted by atomic mass is 32.1. The molecule has 1 amide bonds. The maximum atomic E-state index is 13.7. The first-order valence-electron chi connectivity index (χ1n) is 10.7. The molecule has 0 saturated heterocycles. The van der Waals surface area contributed by atoms with E-state index in [1.165, 1.54) is 16.2 Å². The lowest BCUT2D eigenvalue weighted by Gasteiger charge is -2.23. The fourth-order valence-corrected chi connectivity index (χ4v) is 4.97. The predicted molar refractivity (Wildman–Crippen MR) is 131 cm³/mol. The highest BCUT2D eigenvalue weighted by Crippen LogP contribution is 2.42. The second kappa shape index (κ2) is 7.97. The third-order valence-electron chi connectivity index (χ3n) is 5.80. The number of amides is 1. The van der Waals surface area contributed by atoms with Gasteiger partial charge >= 0.3 is 0 Å². The van der Waals surface area contributed by atoms with Gasteiger partial charge in [0.05, 0.1) is 17.0 Å². The van der Waals surface area contributed by atoms with Crippen molar-refractivity contribution >= 4 is 33.3 Å². The Bertz CT molecular complexity index is 1590. The highest BCUT2D eigenvalue weighted by Gasteiger charge is 2.44. The lowest BCUT2D eigenvalue weighted by atomic mass is 9.98. The molecule has 166 valence electrons. The van der Waals surface area contributed by atoms with Crippen molar-refractivity contribution in [3.8, 4) is 11.5 Å². The number of carbonyl (C=O) groups is 1. The van der Waals surface area contributed by atoms with Gasteiger partial charge in [-0.15, -0.1) is 11.3 Å². The van der Waals surface area contributed by atoms with Gasteiger partial charge in [-0.3, -0.25) is 14.5 Å². The first-order chi connectivity index (χ1) is 16.6. The second-order valence-corrected chi connectivity index (χ2v) is 8.93. The number of aromatic nitrogens is 1. The molecule has 1 aliphatic rings. The number of anilines is 1. The van der Waals surface area contributed by atoms with Gasteiger partial charge in [0.2, 0.25) is 5.76 Å². The number of benzene rings is 3. The maximum absolute atomic E-state index is 13.7. The molecule has 0 aliphatic carbocycles. The van der Waals surface area contributed by atoms with E-state index in [2.05, 4.69) is 4.98 Å². The number of hydrogen-bond acceptors (Lipinski definition) is 6. The normalized spacial score (nSPS) is 15.0. The van der Waals surface area contributed by atoms with Crippen LogP contribution < -0.4 is 15.1 Å². The van der Waals surface area contributed by atoms with Gasteiger partial charge in [-0.05, 0) is 48.9 Å². The SMILES string of the molecule is Cc1ccc2oc3c(c(=O)c2c1)[C@H](c1cccc(Oc2ccccc2)c1)N(c1nccs1)C3=O. The van der Waals surface area contributed by atoms with Crippen LogP contribution in [0.5, 0.6) is 11.5 Å². The van der Waals surface area contributed by atoms with Crippen molar-refractivity contribution in [1.82, 2.24) is 4.98 Å². The molecular weight excluding hydrogens is 448 g/mol. The van der Waals surface area contributed by atoms with Crippen molar-refractivity contribution in [2.45, 2.75) is 13.0 Å². The van der Waals surface area contributed by atoms with Crippen LogP contribution in [0.4, 0.5) is 5.13 Å². The van der Waals surface area contributed by atoms with Crippen LogP contribution in [-0.4, -0.2) is 10.9 Å². The van der Waals surface area contributed by atoms with Gasteiger partial charge in [-0.2, -0.15) is 0 Å². The van der Waals surface area contributed by atoms with Gasteiger partial charge in [0.25, 0.3) is 5.91 Å². The van der Waals surface area contributed by atoms with Crippen molar-refractivity contribution in [1.29, 1.82) is 0 Å². The summed E-state index contributed by atoms with van der Waals surface area (Å²) in [6.07, 6.45) is 1.64. The quantitative estimate of drug-likeness (QED) is 0.320. The Morgan fingerprint density at radius 1 is 0.971 bits per heavy atom. The van der Waals surface area contributed by atoms with E-state index in [0.717, 1.165) is 11.1 Å². The highest BCUT2D eigenvalue weighted by molar-refractivity contribution is 7.13. The molecule has 0 unspecified atom stereocenters. The molecule has 2 aromatic heterocycles. The minimum absolute atomic E-state index is 0.0518. The van der Waals surface area contributed by atoms with E-state index in [1.807, 2.05) is 67.6 Å². The number of ether oxygens (including phenoxy) is 1. The fourth-order valence-electron chi connectivity index (χ4n) is 4.31. The first-order valence-corrected chi connectivity index (χ1v) is 11.6. The molecule has 5 aromatic rings. The zero-order valence-electron chi connectivity index (χ0n) is 18.1. The average Bonchev–Trinajstić information content (AvgIpc) is 3.47. The third kappa shape index (κ3) is 3.29. The molecule has 0 spiro atoms. The summed E-state index contributed by atoms with van der Waals surface area (Å²) in [7, 11) is 0. The zero-order chi connectivity index (χ0) is 23.2. The molecule has 0 fully saturated rings. The first kappa shape index (κ1) is 20.4. The molecule has 0 bridgehead atoms. The van der Waals surface area contributed by atoms with Crippen LogP contribution in [0.1, 0.15) is 33.3 Å². The summed E-state index contributed by atoms with van der Waals surface area (Å²) in [6, 6.07) is 21.6. The summed E-state index contributed by atoms with van der Waals surface area (Å²) in [5.41, 5.74) is 2.16. The number of rotatable bonds is 4. The Balaban J connectivity index is 1.55. The summed E-state index contributed by atoms with van der Waals surface area (Å²) in [5, 5.41) is 2.75. The van der Waals surface area contributed by atoms with E-state index in [9.17, 15) is 9.59 Å². The van der Waals surface area contributed by atoms with E-state index in [4.69, 9.17) is 9.15 Å². The predicted octanol–water partition coefficient (Wildman–Crippen LogP) is 6.10. The lowest BCUT2D eigenvalue weighted by Crippen LogP contribution is -2.29. The molecule has 1 atom stereocenters. The molecule has 7 heteroatoms.